The number of aryl methyl sites for hydroxylation is 1. The Kier molecular flexibility index (Phi) is 4.32. The van der Waals surface area contributed by atoms with Crippen molar-refractivity contribution in [2.24, 2.45) is 0 Å². The van der Waals surface area contributed by atoms with Gasteiger partial charge in [-0.3, -0.25) is 0 Å². The molecule has 0 aliphatic rings. The number of hydrogen-bond donors (Lipinski definition) is 0. The second kappa shape index (κ2) is 5.97. The van der Waals surface area contributed by atoms with Gasteiger partial charge in [0.2, 0.25) is 5.88 Å². The number of ether oxygens (including phenoxy) is 1. The number of hydrogen-bond acceptors (Lipinski definition) is 3. The fourth-order valence-corrected chi connectivity index (χ4v) is 2.00. The number of benzene rings is 1. The molecule has 0 spiro atoms. The van der Waals surface area contributed by atoms with Crippen molar-refractivity contribution < 1.29 is 9.13 Å². The van der Waals surface area contributed by atoms with Gasteiger partial charge in [-0.2, -0.15) is 0 Å². The van der Waals surface area contributed by atoms with Gasteiger partial charge in [0.15, 0.2) is 0 Å². The molecule has 0 saturated heterocycles. The van der Waals surface area contributed by atoms with E-state index in [2.05, 4.69) is 9.97 Å². The molecule has 0 bridgehead atoms. The summed E-state index contributed by atoms with van der Waals surface area (Å²) < 4.78 is 18.5. The predicted octanol–water partition coefficient (Wildman–Crippen LogP) is 3.46. The Labute approximate surface area is 116 Å². The molecule has 0 aliphatic carbocycles. The summed E-state index contributed by atoms with van der Waals surface area (Å²) in [5, 5.41) is -0.338. The smallest absolute Gasteiger partial charge is 0.216 e. The van der Waals surface area contributed by atoms with Crippen molar-refractivity contribution in [3.8, 4) is 5.88 Å². The van der Waals surface area contributed by atoms with E-state index in [-0.39, 0.29) is 11.2 Å². The van der Waals surface area contributed by atoms with Crippen LogP contribution in [0.3, 0.4) is 0 Å². The molecule has 1 aromatic carbocycles. The first-order valence-corrected chi connectivity index (χ1v) is 6.29. The maximum Gasteiger partial charge on any atom is 0.216 e. The Balaban J connectivity index is 2.15. The van der Waals surface area contributed by atoms with Gasteiger partial charge in [-0.15, -0.1) is 11.6 Å². The van der Waals surface area contributed by atoms with Crippen LogP contribution in [0.15, 0.2) is 30.6 Å². The lowest BCUT2D eigenvalue weighted by molar-refractivity contribution is 0.396. The van der Waals surface area contributed by atoms with E-state index in [0.29, 0.717) is 17.9 Å². The Bertz CT molecular complexity index is 577. The molecule has 1 atom stereocenters. The van der Waals surface area contributed by atoms with Crippen LogP contribution in [0.1, 0.15) is 22.2 Å². The van der Waals surface area contributed by atoms with Crippen LogP contribution in [0, 0.1) is 12.7 Å². The van der Waals surface area contributed by atoms with E-state index in [1.807, 2.05) is 6.07 Å². The standard InChI is InChI=1S/C14H14ClFN2O/c1-9-3-4-10(5-13(9)16)12(15)6-11-7-14(19-2)18-8-17-11/h3-5,7-8,12H,6H2,1-2H3. The third-order valence-electron chi connectivity index (χ3n) is 2.85. The van der Waals surface area contributed by atoms with Gasteiger partial charge in [-0.1, -0.05) is 12.1 Å². The van der Waals surface area contributed by atoms with Crippen LogP contribution in [-0.2, 0) is 6.42 Å². The van der Waals surface area contributed by atoms with Crippen molar-refractivity contribution in [2.75, 3.05) is 7.11 Å². The molecule has 0 N–H and O–H groups in total. The maximum absolute atomic E-state index is 13.5. The fraction of sp³-hybridized carbons (Fsp3) is 0.286. The lowest BCUT2D eigenvalue weighted by atomic mass is 10.1. The van der Waals surface area contributed by atoms with E-state index in [1.165, 1.54) is 12.4 Å². The molecule has 1 heterocycles. The molecule has 3 nitrogen and oxygen atoms in total. The van der Waals surface area contributed by atoms with E-state index >= 15 is 0 Å². The monoisotopic (exact) mass is 280 g/mol. The van der Waals surface area contributed by atoms with Gasteiger partial charge < -0.3 is 4.74 Å². The highest BCUT2D eigenvalue weighted by molar-refractivity contribution is 6.20. The first kappa shape index (κ1) is 13.7. The third kappa shape index (κ3) is 3.41. The lowest BCUT2D eigenvalue weighted by Crippen LogP contribution is -2.01. The number of aromatic nitrogens is 2. The SMILES string of the molecule is COc1cc(CC(Cl)c2ccc(C)c(F)c2)ncn1. The zero-order valence-electron chi connectivity index (χ0n) is 10.7. The molecule has 2 aromatic rings. The van der Waals surface area contributed by atoms with Gasteiger partial charge in [-0.05, 0) is 24.1 Å². The lowest BCUT2D eigenvalue weighted by Gasteiger charge is -2.10. The predicted molar refractivity (Wildman–Crippen MR) is 72.0 cm³/mol. The van der Waals surface area contributed by atoms with Crippen molar-refractivity contribution in [1.29, 1.82) is 0 Å². The van der Waals surface area contributed by atoms with Crippen LogP contribution in [0.2, 0.25) is 0 Å². The average Bonchev–Trinajstić information content (AvgIpc) is 2.42. The highest BCUT2D eigenvalue weighted by Gasteiger charge is 2.12. The second-order valence-electron chi connectivity index (χ2n) is 4.23. The van der Waals surface area contributed by atoms with Gasteiger partial charge in [0, 0.05) is 18.2 Å². The van der Waals surface area contributed by atoms with E-state index in [9.17, 15) is 4.39 Å². The van der Waals surface area contributed by atoms with Crippen LogP contribution in [0.4, 0.5) is 4.39 Å². The maximum atomic E-state index is 13.5. The molecule has 1 unspecified atom stereocenters. The van der Waals surface area contributed by atoms with Crippen LogP contribution >= 0.6 is 11.6 Å². The molecular formula is C14H14ClFN2O. The fourth-order valence-electron chi connectivity index (χ4n) is 1.71. The summed E-state index contributed by atoms with van der Waals surface area (Å²) in [4.78, 5) is 8.05. The van der Waals surface area contributed by atoms with Gasteiger partial charge in [-0.25, -0.2) is 14.4 Å². The highest BCUT2D eigenvalue weighted by Crippen LogP contribution is 2.26. The Morgan fingerprint density at radius 1 is 1.32 bits per heavy atom. The molecule has 1 aromatic heterocycles. The minimum atomic E-state index is -0.338. The number of rotatable bonds is 4. The van der Waals surface area contributed by atoms with Gasteiger partial charge in [0.25, 0.3) is 0 Å². The van der Waals surface area contributed by atoms with Crippen molar-refractivity contribution in [1.82, 2.24) is 9.97 Å². The van der Waals surface area contributed by atoms with E-state index in [4.69, 9.17) is 16.3 Å². The zero-order valence-corrected chi connectivity index (χ0v) is 11.5. The molecule has 19 heavy (non-hydrogen) atoms. The summed E-state index contributed by atoms with van der Waals surface area (Å²) in [5.74, 6) is 0.243. The summed E-state index contributed by atoms with van der Waals surface area (Å²) in [6.07, 6.45) is 1.91. The normalized spacial score (nSPS) is 12.2. The minimum Gasteiger partial charge on any atom is -0.481 e. The quantitative estimate of drug-likeness (QED) is 0.805. The summed E-state index contributed by atoms with van der Waals surface area (Å²) >= 11 is 6.29. The summed E-state index contributed by atoms with van der Waals surface area (Å²) in [6, 6.07) is 6.74. The Morgan fingerprint density at radius 2 is 2.11 bits per heavy atom. The Morgan fingerprint density at radius 3 is 2.79 bits per heavy atom. The van der Waals surface area contributed by atoms with Gasteiger partial charge in [0.1, 0.15) is 12.1 Å². The molecule has 0 saturated carbocycles. The van der Waals surface area contributed by atoms with E-state index in [1.54, 1.807) is 26.2 Å². The number of alkyl halides is 1. The molecule has 0 radical (unpaired) electrons. The minimum absolute atomic E-state index is 0.247. The number of nitrogens with zero attached hydrogens (tertiary/aromatic N) is 2. The molecular weight excluding hydrogens is 267 g/mol. The van der Waals surface area contributed by atoms with E-state index < -0.39 is 0 Å². The molecule has 100 valence electrons. The van der Waals surface area contributed by atoms with Crippen molar-refractivity contribution in [3.63, 3.8) is 0 Å². The topological polar surface area (TPSA) is 35.0 Å². The second-order valence-corrected chi connectivity index (χ2v) is 4.76. The molecule has 0 amide bonds. The van der Waals surface area contributed by atoms with Crippen molar-refractivity contribution in [2.45, 2.75) is 18.7 Å². The third-order valence-corrected chi connectivity index (χ3v) is 3.26. The molecule has 5 heteroatoms. The van der Waals surface area contributed by atoms with Crippen LogP contribution in [-0.4, -0.2) is 17.1 Å². The summed E-state index contributed by atoms with van der Waals surface area (Å²) in [5.41, 5.74) is 2.10. The summed E-state index contributed by atoms with van der Waals surface area (Å²) in [7, 11) is 1.54. The highest BCUT2D eigenvalue weighted by atomic mass is 35.5. The van der Waals surface area contributed by atoms with Crippen LogP contribution in [0.25, 0.3) is 0 Å². The largest absolute Gasteiger partial charge is 0.481 e. The van der Waals surface area contributed by atoms with Gasteiger partial charge >= 0.3 is 0 Å². The van der Waals surface area contributed by atoms with Crippen molar-refractivity contribution in [3.05, 3.63) is 53.2 Å². The van der Waals surface area contributed by atoms with E-state index in [0.717, 1.165) is 11.3 Å². The average molecular weight is 281 g/mol. The summed E-state index contributed by atoms with van der Waals surface area (Å²) in [6.45, 7) is 1.72. The first-order valence-electron chi connectivity index (χ1n) is 5.85. The first-order chi connectivity index (χ1) is 9.10. The molecule has 0 aliphatic heterocycles. The van der Waals surface area contributed by atoms with Crippen LogP contribution < -0.4 is 4.74 Å². The molecule has 2 rings (SSSR count). The zero-order chi connectivity index (χ0) is 13.8. The van der Waals surface area contributed by atoms with Gasteiger partial charge in [0.05, 0.1) is 12.5 Å². The number of methoxy groups -OCH3 is 1. The molecule has 0 fully saturated rings. The number of halogens is 2. The Hall–Kier alpha value is -1.68. The van der Waals surface area contributed by atoms with Crippen LogP contribution in [0.5, 0.6) is 5.88 Å². The van der Waals surface area contributed by atoms with Crippen molar-refractivity contribution >= 4 is 11.6 Å².